The molecule has 3 rings (SSSR count). The van der Waals surface area contributed by atoms with E-state index in [1.54, 1.807) is 21.9 Å². The van der Waals surface area contributed by atoms with Gasteiger partial charge < -0.3 is 14.5 Å². The molecule has 1 aromatic carbocycles. The predicted octanol–water partition coefficient (Wildman–Crippen LogP) is 3.12. The van der Waals surface area contributed by atoms with Gasteiger partial charge in [-0.1, -0.05) is 11.6 Å². The van der Waals surface area contributed by atoms with Crippen molar-refractivity contribution in [2.45, 2.75) is 6.18 Å². The molecule has 1 aliphatic heterocycles. The Kier molecular flexibility index (Phi) is 5.41. The maximum atomic E-state index is 12.8. The van der Waals surface area contributed by atoms with Gasteiger partial charge in [0, 0.05) is 37.3 Å². The smallest absolute Gasteiger partial charge is 0.433 e. The van der Waals surface area contributed by atoms with Crippen LogP contribution in [0.25, 0.3) is 0 Å². The lowest BCUT2D eigenvalue weighted by Gasteiger charge is -2.35. The van der Waals surface area contributed by atoms with Crippen LogP contribution >= 0.6 is 11.6 Å². The second kappa shape index (κ2) is 7.59. The SMILES string of the molecule is COc1ccc(Cl)cc1C(=O)N1CCN(c2cc(C(F)(F)F)ncn2)CC1. The quantitative estimate of drug-likeness (QED) is 0.792. The zero-order valence-corrected chi connectivity index (χ0v) is 15.1. The number of nitrogens with zero attached hydrogens (tertiary/aromatic N) is 4. The number of hydrogen-bond donors (Lipinski definition) is 0. The van der Waals surface area contributed by atoms with Gasteiger partial charge in [0.1, 0.15) is 23.6 Å². The van der Waals surface area contributed by atoms with Crippen molar-refractivity contribution < 1.29 is 22.7 Å². The zero-order valence-electron chi connectivity index (χ0n) is 14.3. The van der Waals surface area contributed by atoms with Crippen LogP contribution in [0.5, 0.6) is 5.75 Å². The molecule has 1 aliphatic rings. The fraction of sp³-hybridized carbons (Fsp3) is 0.353. The minimum atomic E-state index is -4.53. The van der Waals surface area contributed by atoms with Crippen molar-refractivity contribution in [1.82, 2.24) is 14.9 Å². The highest BCUT2D eigenvalue weighted by atomic mass is 35.5. The second-order valence-electron chi connectivity index (χ2n) is 5.88. The Balaban J connectivity index is 1.71. The first-order valence-electron chi connectivity index (χ1n) is 8.06. The number of anilines is 1. The van der Waals surface area contributed by atoms with Crippen molar-refractivity contribution in [3.63, 3.8) is 0 Å². The first-order valence-corrected chi connectivity index (χ1v) is 8.44. The third-order valence-electron chi connectivity index (χ3n) is 4.23. The van der Waals surface area contributed by atoms with E-state index in [0.29, 0.717) is 42.5 Å². The summed E-state index contributed by atoms with van der Waals surface area (Å²) < 4.78 is 43.6. The summed E-state index contributed by atoms with van der Waals surface area (Å²) in [5, 5.41) is 0.415. The van der Waals surface area contributed by atoms with E-state index < -0.39 is 11.9 Å². The molecule has 0 radical (unpaired) electrons. The van der Waals surface area contributed by atoms with Gasteiger partial charge in [0.15, 0.2) is 0 Å². The molecule has 1 fully saturated rings. The maximum Gasteiger partial charge on any atom is 0.433 e. The van der Waals surface area contributed by atoms with E-state index in [-0.39, 0.29) is 11.7 Å². The molecule has 0 N–H and O–H groups in total. The normalized spacial score (nSPS) is 15.0. The van der Waals surface area contributed by atoms with E-state index >= 15 is 0 Å². The fourth-order valence-electron chi connectivity index (χ4n) is 2.83. The summed E-state index contributed by atoms with van der Waals surface area (Å²) in [6.45, 7) is 1.37. The molecule has 0 unspecified atom stereocenters. The number of rotatable bonds is 3. The third kappa shape index (κ3) is 4.24. The molecule has 1 aromatic heterocycles. The second-order valence-corrected chi connectivity index (χ2v) is 6.32. The molecule has 0 saturated carbocycles. The summed E-state index contributed by atoms with van der Waals surface area (Å²) in [6.07, 6.45) is -3.63. The van der Waals surface area contributed by atoms with Crippen molar-refractivity contribution in [2.75, 3.05) is 38.2 Å². The van der Waals surface area contributed by atoms with E-state index in [0.717, 1.165) is 12.4 Å². The number of ether oxygens (including phenoxy) is 1. The lowest BCUT2D eigenvalue weighted by atomic mass is 10.1. The largest absolute Gasteiger partial charge is 0.496 e. The summed E-state index contributed by atoms with van der Waals surface area (Å²) in [4.78, 5) is 23.2. The maximum absolute atomic E-state index is 12.8. The van der Waals surface area contributed by atoms with E-state index in [1.807, 2.05) is 0 Å². The Morgan fingerprint density at radius 2 is 1.85 bits per heavy atom. The van der Waals surface area contributed by atoms with E-state index in [4.69, 9.17) is 16.3 Å². The third-order valence-corrected chi connectivity index (χ3v) is 4.46. The van der Waals surface area contributed by atoms with Crippen LogP contribution in [0.2, 0.25) is 5.02 Å². The van der Waals surface area contributed by atoms with Crippen LogP contribution in [0.1, 0.15) is 16.1 Å². The van der Waals surface area contributed by atoms with Gasteiger partial charge in [-0.2, -0.15) is 13.2 Å². The van der Waals surface area contributed by atoms with Crippen molar-refractivity contribution in [2.24, 2.45) is 0 Å². The molecule has 0 spiro atoms. The van der Waals surface area contributed by atoms with Crippen molar-refractivity contribution in [3.05, 3.63) is 46.9 Å². The molecule has 0 aliphatic carbocycles. The first-order chi connectivity index (χ1) is 12.8. The highest BCUT2D eigenvalue weighted by molar-refractivity contribution is 6.31. The van der Waals surface area contributed by atoms with Crippen LogP contribution in [-0.4, -0.2) is 54.1 Å². The topological polar surface area (TPSA) is 58.6 Å². The van der Waals surface area contributed by atoms with Crippen LogP contribution in [0, 0.1) is 0 Å². The summed E-state index contributed by atoms with van der Waals surface area (Å²) >= 11 is 5.97. The Labute approximate surface area is 158 Å². The molecule has 0 bridgehead atoms. The summed E-state index contributed by atoms with van der Waals surface area (Å²) in [7, 11) is 1.46. The van der Waals surface area contributed by atoms with Gasteiger partial charge >= 0.3 is 6.18 Å². The fourth-order valence-corrected chi connectivity index (χ4v) is 3.00. The molecular weight excluding hydrogens is 385 g/mol. The summed E-state index contributed by atoms with van der Waals surface area (Å²) in [5.41, 5.74) is -0.644. The van der Waals surface area contributed by atoms with E-state index in [1.165, 1.54) is 13.2 Å². The van der Waals surface area contributed by atoms with Crippen LogP contribution in [0.15, 0.2) is 30.6 Å². The van der Waals surface area contributed by atoms with Gasteiger partial charge in [-0.3, -0.25) is 4.79 Å². The number of halogens is 4. The van der Waals surface area contributed by atoms with Crippen LogP contribution in [0.4, 0.5) is 19.0 Å². The Hall–Kier alpha value is -2.55. The van der Waals surface area contributed by atoms with E-state index in [2.05, 4.69) is 9.97 Å². The van der Waals surface area contributed by atoms with Gasteiger partial charge in [0.25, 0.3) is 5.91 Å². The Morgan fingerprint density at radius 1 is 1.15 bits per heavy atom. The average molecular weight is 401 g/mol. The molecule has 2 heterocycles. The monoisotopic (exact) mass is 400 g/mol. The summed E-state index contributed by atoms with van der Waals surface area (Å²) in [5.74, 6) is 0.356. The minimum Gasteiger partial charge on any atom is -0.496 e. The van der Waals surface area contributed by atoms with Crippen molar-refractivity contribution in [3.8, 4) is 5.75 Å². The minimum absolute atomic E-state index is 0.185. The van der Waals surface area contributed by atoms with Gasteiger partial charge in [-0.15, -0.1) is 0 Å². The lowest BCUT2D eigenvalue weighted by Crippen LogP contribution is -2.49. The standard InChI is InChI=1S/C17H16ClF3N4O2/c1-27-13-3-2-11(18)8-12(13)16(26)25-6-4-24(5-7-25)15-9-14(17(19,20)21)22-10-23-15/h2-3,8-10H,4-7H2,1H3. The Morgan fingerprint density at radius 3 is 2.48 bits per heavy atom. The van der Waals surface area contributed by atoms with Crippen molar-refractivity contribution >= 4 is 23.3 Å². The molecule has 6 nitrogen and oxygen atoms in total. The number of carbonyl (C=O) groups is 1. The van der Waals surface area contributed by atoms with Gasteiger partial charge in [0.05, 0.1) is 12.7 Å². The first kappa shape index (κ1) is 19.2. The molecule has 1 saturated heterocycles. The molecule has 0 atom stereocenters. The number of aromatic nitrogens is 2. The highest BCUT2D eigenvalue weighted by Crippen LogP contribution is 2.29. The predicted molar refractivity (Wildman–Crippen MR) is 93.2 cm³/mol. The van der Waals surface area contributed by atoms with Crippen LogP contribution < -0.4 is 9.64 Å². The average Bonchev–Trinajstić information content (AvgIpc) is 2.67. The van der Waals surface area contributed by atoms with Gasteiger partial charge in [-0.05, 0) is 18.2 Å². The molecular formula is C17H16ClF3N4O2. The van der Waals surface area contributed by atoms with Crippen LogP contribution in [0.3, 0.4) is 0 Å². The molecule has 2 aromatic rings. The molecule has 144 valence electrons. The molecule has 27 heavy (non-hydrogen) atoms. The number of hydrogen-bond acceptors (Lipinski definition) is 5. The summed E-state index contributed by atoms with van der Waals surface area (Å²) in [6, 6.07) is 5.69. The number of piperazine rings is 1. The number of amides is 1. The zero-order chi connectivity index (χ0) is 19.6. The molecule has 1 amide bonds. The van der Waals surface area contributed by atoms with Gasteiger partial charge in [0.2, 0.25) is 0 Å². The number of carbonyl (C=O) groups excluding carboxylic acids is 1. The van der Waals surface area contributed by atoms with Crippen molar-refractivity contribution in [1.29, 1.82) is 0 Å². The highest BCUT2D eigenvalue weighted by Gasteiger charge is 2.33. The van der Waals surface area contributed by atoms with E-state index in [9.17, 15) is 18.0 Å². The number of benzene rings is 1. The number of methoxy groups -OCH3 is 1. The number of alkyl halides is 3. The lowest BCUT2D eigenvalue weighted by molar-refractivity contribution is -0.141. The van der Waals surface area contributed by atoms with Gasteiger partial charge in [-0.25, -0.2) is 9.97 Å². The molecule has 10 heteroatoms. The van der Waals surface area contributed by atoms with Crippen LogP contribution in [-0.2, 0) is 6.18 Å². The Bertz CT molecular complexity index is 839.